The molecule has 2 unspecified atom stereocenters. The molecular weight excluding hydrogens is 524 g/mol. The molecule has 3 atom stereocenters. The fraction of sp³-hybridized carbons (Fsp3) is 0.677. The molecule has 40 heavy (non-hydrogen) atoms. The molecule has 0 aliphatic carbocycles. The maximum Gasteiger partial charge on any atom is 0.230 e. The van der Waals surface area contributed by atoms with Crippen LogP contribution in [0.15, 0.2) is 18.2 Å². The fourth-order valence-corrected chi connectivity index (χ4v) is 7.42. The van der Waals surface area contributed by atoms with Gasteiger partial charge in [0.25, 0.3) is 0 Å². The maximum atomic E-state index is 13.8. The first-order chi connectivity index (χ1) is 19.1. The van der Waals surface area contributed by atoms with E-state index in [9.17, 15) is 9.59 Å². The number of carbonyl (C=O) groups is 2. The molecule has 1 aromatic heterocycles. The third-order valence-electron chi connectivity index (χ3n) is 9.45. The number of aryl methyl sites for hydroxylation is 2. The molecule has 9 heteroatoms. The molecule has 3 aliphatic rings. The van der Waals surface area contributed by atoms with Gasteiger partial charge in [-0.1, -0.05) is 31.5 Å². The Kier molecular flexibility index (Phi) is 8.86. The summed E-state index contributed by atoms with van der Waals surface area (Å²) >= 11 is 6.50. The molecule has 2 amide bonds. The second-order valence-electron chi connectivity index (χ2n) is 12.4. The predicted octanol–water partition coefficient (Wildman–Crippen LogP) is 5.52. The Bertz CT molecular complexity index is 1210. The predicted molar refractivity (Wildman–Crippen MR) is 159 cm³/mol. The molecule has 0 saturated carbocycles. The number of anilines is 1. The van der Waals surface area contributed by atoms with Crippen LogP contribution >= 0.6 is 11.6 Å². The molecule has 5 rings (SSSR count). The number of benzene rings is 1. The van der Waals surface area contributed by atoms with Crippen molar-refractivity contribution >= 4 is 29.1 Å². The van der Waals surface area contributed by atoms with E-state index in [0.29, 0.717) is 61.5 Å². The first-order valence-corrected chi connectivity index (χ1v) is 15.5. The summed E-state index contributed by atoms with van der Waals surface area (Å²) in [5.41, 5.74) is 1.89. The zero-order valence-electron chi connectivity index (χ0n) is 24.8. The third kappa shape index (κ3) is 5.94. The smallest absolute Gasteiger partial charge is 0.230 e. The minimum Gasteiger partial charge on any atom is -0.343 e. The largest absolute Gasteiger partial charge is 0.343 e. The summed E-state index contributed by atoms with van der Waals surface area (Å²) in [6, 6.07) is 7.56. The van der Waals surface area contributed by atoms with Gasteiger partial charge < -0.3 is 14.4 Å². The van der Waals surface area contributed by atoms with Crippen LogP contribution in [0.25, 0.3) is 0 Å². The molecule has 0 N–H and O–H groups in total. The average molecular weight is 569 g/mol. The average Bonchev–Trinajstić information content (AvgIpc) is 3.43. The molecule has 2 aromatic rings. The summed E-state index contributed by atoms with van der Waals surface area (Å²) in [4.78, 5) is 32.2. The van der Waals surface area contributed by atoms with Gasteiger partial charge in [-0.2, -0.15) is 0 Å². The normalized spacial score (nSPS) is 23.7. The number of rotatable bonds is 8. The molecule has 8 nitrogen and oxygen atoms in total. The Labute approximate surface area is 244 Å². The molecule has 3 aliphatic heterocycles. The Morgan fingerprint density at radius 2 is 1.70 bits per heavy atom. The summed E-state index contributed by atoms with van der Waals surface area (Å²) in [5.74, 6) is 2.69. The van der Waals surface area contributed by atoms with Crippen molar-refractivity contribution in [1.82, 2.24) is 24.6 Å². The Balaban J connectivity index is 1.25. The lowest BCUT2D eigenvalue weighted by Gasteiger charge is -2.40. The Hall–Kier alpha value is -2.45. The van der Waals surface area contributed by atoms with E-state index in [1.807, 2.05) is 34.9 Å². The zero-order valence-corrected chi connectivity index (χ0v) is 25.5. The molecule has 0 spiro atoms. The number of likely N-dealkylation sites (tertiary alicyclic amines) is 1. The highest BCUT2D eigenvalue weighted by molar-refractivity contribution is 6.31. The van der Waals surface area contributed by atoms with E-state index in [1.165, 1.54) is 12.8 Å². The second-order valence-corrected chi connectivity index (χ2v) is 12.8. The highest BCUT2D eigenvalue weighted by atomic mass is 35.5. The van der Waals surface area contributed by atoms with Gasteiger partial charge in [-0.15, -0.1) is 10.2 Å². The van der Waals surface area contributed by atoms with Crippen LogP contribution in [-0.4, -0.2) is 74.6 Å². The Morgan fingerprint density at radius 3 is 2.30 bits per heavy atom. The van der Waals surface area contributed by atoms with E-state index in [1.54, 1.807) is 6.92 Å². The number of hydrogen-bond acceptors (Lipinski definition) is 5. The van der Waals surface area contributed by atoms with Crippen molar-refractivity contribution in [3.05, 3.63) is 40.4 Å². The highest BCUT2D eigenvalue weighted by Crippen LogP contribution is 2.42. The van der Waals surface area contributed by atoms with E-state index in [0.717, 1.165) is 48.7 Å². The van der Waals surface area contributed by atoms with Gasteiger partial charge in [0.15, 0.2) is 0 Å². The molecule has 4 heterocycles. The number of amides is 2. The van der Waals surface area contributed by atoms with E-state index in [-0.39, 0.29) is 17.7 Å². The number of hydrogen-bond donors (Lipinski definition) is 0. The highest BCUT2D eigenvalue weighted by Gasteiger charge is 2.42. The Morgan fingerprint density at radius 1 is 1.02 bits per heavy atom. The van der Waals surface area contributed by atoms with Crippen LogP contribution in [0.1, 0.15) is 94.9 Å². The lowest BCUT2D eigenvalue weighted by molar-refractivity contribution is -0.133. The van der Waals surface area contributed by atoms with Gasteiger partial charge in [-0.05, 0) is 76.5 Å². The number of aromatic nitrogens is 3. The SMILES string of the molecule is CC(=O)N1CCC(C(=O)N(CCCN2C3CC[C@@H]2CC(n2c(C)nnc2C(C)C)C3)c2ccc(C)c(Cl)c2)CC1. The fourth-order valence-electron chi connectivity index (χ4n) is 7.24. The summed E-state index contributed by atoms with van der Waals surface area (Å²) in [5, 5.41) is 9.59. The lowest BCUT2D eigenvalue weighted by atomic mass is 9.94. The molecule has 3 fully saturated rings. The van der Waals surface area contributed by atoms with Crippen molar-refractivity contribution in [2.24, 2.45) is 5.92 Å². The van der Waals surface area contributed by atoms with E-state index in [4.69, 9.17) is 11.6 Å². The van der Waals surface area contributed by atoms with Crippen LogP contribution in [0, 0.1) is 19.8 Å². The van der Waals surface area contributed by atoms with Crippen molar-refractivity contribution in [2.75, 3.05) is 31.1 Å². The van der Waals surface area contributed by atoms with Crippen molar-refractivity contribution < 1.29 is 9.59 Å². The number of carbonyl (C=O) groups excluding carboxylic acids is 2. The van der Waals surface area contributed by atoms with E-state index in [2.05, 4.69) is 40.4 Å². The minimum absolute atomic E-state index is 0.0650. The summed E-state index contributed by atoms with van der Waals surface area (Å²) in [6.07, 6.45) is 7.11. The third-order valence-corrected chi connectivity index (χ3v) is 9.86. The first kappa shape index (κ1) is 29.1. The molecule has 1 aromatic carbocycles. The number of fused-ring (bicyclic) bond motifs is 2. The van der Waals surface area contributed by atoms with Gasteiger partial charge in [-0.25, -0.2) is 0 Å². The van der Waals surface area contributed by atoms with Gasteiger partial charge in [0.1, 0.15) is 11.6 Å². The van der Waals surface area contributed by atoms with Gasteiger partial charge >= 0.3 is 0 Å². The van der Waals surface area contributed by atoms with Crippen LogP contribution in [0.2, 0.25) is 5.02 Å². The van der Waals surface area contributed by atoms with Gasteiger partial charge in [0.05, 0.1) is 0 Å². The topological polar surface area (TPSA) is 74.6 Å². The van der Waals surface area contributed by atoms with E-state index < -0.39 is 0 Å². The standard InChI is InChI=1S/C31H45ClN6O2/c1-20(2)30-34-33-22(4)38(30)28-17-25-9-10-26(18-28)36(25)13-6-14-37(27-8-7-21(3)29(32)19-27)31(40)24-11-15-35(16-12-24)23(5)39/h7-8,19-20,24-26,28H,6,9-18H2,1-5H3/t25-,26?,28?/m1/s1. The van der Waals surface area contributed by atoms with Crippen LogP contribution in [0.5, 0.6) is 0 Å². The second kappa shape index (κ2) is 12.2. The molecule has 3 saturated heterocycles. The van der Waals surface area contributed by atoms with Crippen LogP contribution in [0.3, 0.4) is 0 Å². The quantitative estimate of drug-likeness (QED) is 0.419. The van der Waals surface area contributed by atoms with Gasteiger partial charge in [0, 0.05) is 73.8 Å². The first-order valence-electron chi connectivity index (χ1n) is 15.1. The van der Waals surface area contributed by atoms with Crippen molar-refractivity contribution in [3.63, 3.8) is 0 Å². The van der Waals surface area contributed by atoms with Crippen molar-refractivity contribution in [1.29, 1.82) is 0 Å². The van der Waals surface area contributed by atoms with Gasteiger partial charge in [-0.3, -0.25) is 14.5 Å². The van der Waals surface area contributed by atoms with Crippen LogP contribution in [0.4, 0.5) is 5.69 Å². The summed E-state index contributed by atoms with van der Waals surface area (Å²) in [7, 11) is 0. The summed E-state index contributed by atoms with van der Waals surface area (Å²) in [6.45, 7) is 13.0. The van der Waals surface area contributed by atoms with Gasteiger partial charge in [0.2, 0.25) is 11.8 Å². The molecule has 2 bridgehead atoms. The molecule has 0 radical (unpaired) electrons. The van der Waals surface area contributed by atoms with Crippen LogP contribution in [-0.2, 0) is 9.59 Å². The molecular formula is C31H45ClN6O2. The van der Waals surface area contributed by atoms with Crippen molar-refractivity contribution in [2.45, 2.75) is 104 Å². The molecule has 218 valence electrons. The number of piperidine rings is 2. The maximum absolute atomic E-state index is 13.8. The number of nitrogens with zero attached hydrogens (tertiary/aromatic N) is 6. The monoisotopic (exact) mass is 568 g/mol. The lowest BCUT2D eigenvalue weighted by Crippen LogP contribution is -2.46. The van der Waals surface area contributed by atoms with Crippen LogP contribution < -0.4 is 4.90 Å². The minimum atomic E-state index is -0.0650. The number of halogens is 1. The van der Waals surface area contributed by atoms with E-state index >= 15 is 0 Å². The zero-order chi connectivity index (χ0) is 28.6. The van der Waals surface area contributed by atoms with Crippen molar-refractivity contribution in [3.8, 4) is 0 Å². The summed E-state index contributed by atoms with van der Waals surface area (Å²) < 4.78 is 2.41.